The number of thioether (sulfide) groups is 1. The average molecular weight is 329 g/mol. The smallest absolute Gasteiger partial charge is 0.233 e. The Labute approximate surface area is 140 Å². The molecule has 0 spiro atoms. The van der Waals surface area contributed by atoms with E-state index in [0.717, 1.165) is 30.0 Å². The van der Waals surface area contributed by atoms with Crippen LogP contribution in [0.4, 0.5) is 0 Å². The van der Waals surface area contributed by atoms with Gasteiger partial charge in [0.2, 0.25) is 5.91 Å². The van der Waals surface area contributed by atoms with Gasteiger partial charge in [0.1, 0.15) is 11.9 Å². The highest BCUT2D eigenvalue weighted by molar-refractivity contribution is 8.00. The van der Waals surface area contributed by atoms with Crippen LogP contribution in [0.15, 0.2) is 53.9 Å². The zero-order valence-electron chi connectivity index (χ0n) is 12.8. The van der Waals surface area contributed by atoms with Crippen LogP contribution in [0.5, 0.6) is 5.75 Å². The molecule has 2 aromatic heterocycles. The van der Waals surface area contributed by atoms with Crippen LogP contribution in [0.25, 0.3) is 0 Å². The Morgan fingerprint density at radius 1 is 1.17 bits per heavy atom. The molecule has 0 aliphatic carbocycles. The summed E-state index contributed by atoms with van der Waals surface area (Å²) in [7, 11) is 0. The molecule has 0 aromatic carbocycles. The van der Waals surface area contributed by atoms with Gasteiger partial charge in [0.05, 0.1) is 12.3 Å². The maximum Gasteiger partial charge on any atom is 0.233 e. The summed E-state index contributed by atoms with van der Waals surface area (Å²) in [6, 6.07) is 7.53. The summed E-state index contributed by atoms with van der Waals surface area (Å²) in [5.41, 5.74) is 0. The van der Waals surface area contributed by atoms with Gasteiger partial charge in [-0.1, -0.05) is 0 Å². The van der Waals surface area contributed by atoms with Crippen molar-refractivity contribution in [2.24, 2.45) is 0 Å². The van der Waals surface area contributed by atoms with Crippen molar-refractivity contribution >= 4 is 17.7 Å². The number of carbonyl (C=O) groups is 1. The minimum Gasteiger partial charge on any atom is -0.488 e. The first kappa shape index (κ1) is 15.8. The van der Waals surface area contributed by atoms with Crippen LogP contribution < -0.4 is 4.74 Å². The third-order valence-corrected chi connectivity index (χ3v) is 4.69. The lowest BCUT2D eigenvalue weighted by Crippen LogP contribution is -2.45. The second-order valence-corrected chi connectivity index (χ2v) is 6.43. The predicted octanol–water partition coefficient (Wildman–Crippen LogP) is 2.64. The molecule has 3 heterocycles. The Bertz CT molecular complexity index is 624. The fourth-order valence-corrected chi connectivity index (χ4v) is 3.33. The first-order chi connectivity index (χ1) is 11.3. The summed E-state index contributed by atoms with van der Waals surface area (Å²) >= 11 is 1.55. The topological polar surface area (TPSA) is 55.3 Å². The maximum atomic E-state index is 12.4. The van der Waals surface area contributed by atoms with E-state index >= 15 is 0 Å². The quantitative estimate of drug-likeness (QED) is 0.789. The number of amides is 1. The predicted molar refractivity (Wildman–Crippen MR) is 89.4 cm³/mol. The molecule has 6 heteroatoms. The molecule has 5 nitrogen and oxygen atoms in total. The molecule has 1 saturated heterocycles. The number of pyridine rings is 2. The number of aromatic nitrogens is 2. The fourth-order valence-electron chi connectivity index (χ4n) is 2.54. The summed E-state index contributed by atoms with van der Waals surface area (Å²) < 4.78 is 5.95. The molecule has 2 aromatic rings. The SMILES string of the molecule is O=C(CSc1ccncc1)N1CCCC(Oc2ccncc2)C1. The Hall–Kier alpha value is -2.08. The van der Waals surface area contributed by atoms with Crippen molar-refractivity contribution in [3.05, 3.63) is 49.1 Å². The van der Waals surface area contributed by atoms with Crippen molar-refractivity contribution in [1.29, 1.82) is 0 Å². The normalized spacial score (nSPS) is 17.7. The largest absolute Gasteiger partial charge is 0.488 e. The molecule has 1 aliphatic heterocycles. The van der Waals surface area contributed by atoms with Gasteiger partial charge in [-0.2, -0.15) is 0 Å². The third-order valence-electron chi connectivity index (χ3n) is 3.70. The van der Waals surface area contributed by atoms with E-state index in [-0.39, 0.29) is 12.0 Å². The zero-order valence-corrected chi connectivity index (χ0v) is 13.6. The molecule has 0 saturated carbocycles. The highest BCUT2D eigenvalue weighted by Gasteiger charge is 2.24. The summed E-state index contributed by atoms with van der Waals surface area (Å²) in [4.78, 5) is 23.3. The minimum atomic E-state index is 0.0565. The molecule has 0 bridgehead atoms. The van der Waals surface area contributed by atoms with E-state index in [2.05, 4.69) is 9.97 Å². The van der Waals surface area contributed by atoms with Crippen LogP contribution in [0.2, 0.25) is 0 Å². The van der Waals surface area contributed by atoms with Gasteiger partial charge in [-0.05, 0) is 37.1 Å². The summed E-state index contributed by atoms with van der Waals surface area (Å²) in [6.07, 6.45) is 8.92. The molecule has 1 amide bonds. The zero-order chi connectivity index (χ0) is 15.9. The van der Waals surface area contributed by atoms with E-state index in [1.165, 1.54) is 0 Å². The Kier molecular flexibility index (Phi) is 5.47. The van der Waals surface area contributed by atoms with Gasteiger partial charge in [0.25, 0.3) is 0 Å². The molecule has 1 unspecified atom stereocenters. The van der Waals surface area contributed by atoms with Crippen LogP contribution in [0, 0.1) is 0 Å². The first-order valence-corrected chi connectivity index (χ1v) is 8.67. The lowest BCUT2D eigenvalue weighted by Gasteiger charge is -2.32. The number of rotatable bonds is 5. The molecule has 3 rings (SSSR count). The number of nitrogens with zero attached hydrogens (tertiary/aromatic N) is 3. The second-order valence-electron chi connectivity index (χ2n) is 5.38. The van der Waals surface area contributed by atoms with Crippen LogP contribution >= 0.6 is 11.8 Å². The minimum absolute atomic E-state index is 0.0565. The summed E-state index contributed by atoms with van der Waals surface area (Å²) in [5.74, 6) is 1.42. The molecule has 0 N–H and O–H groups in total. The van der Waals surface area contributed by atoms with E-state index in [9.17, 15) is 4.79 Å². The van der Waals surface area contributed by atoms with E-state index in [0.29, 0.717) is 12.3 Å². The van der Waals surface area contributed by atoms with Gasteiger partial charge < -0.3 is 9.64 Å². The number of hydrogen-bond donors (Lipinski definition) is 0. The van der Waals surface area contributed by atoms with Crippen LogP contribution in [-0.2, 0) is 4.79 Å². The highest BCUT2D eigenvalue weighted by Crippen LogP contribution is 2.20. The van der Waals surface area contributed by atoms with E-state index < -0.39 is 0 Å². The van der Waals surface area contributed by atoms with Gasteiger partial charge in [-0.3, -0.25) is 14.8 Å². The van der Waals surface area contributed by atoms with Gasteiger partial charge in [-0.25, -0.2) is 0 Å². The van der Waals surface area contributed by atoms with Crippen molar-refractivity contribution in [3.63, 3.8) is 0 Å². The Balaban J connectivity index is 1.50. The molecule has 23 heavy (non-hydrogen) atoms. The van der Waals surface area contributed by atoms with Crippen LogP contribution in [0.1, 0.15) is 12.8 Å². The van der Waals surface area contributed by atoms with E-state index in [1.807, 2.05) is 29.2 Å². The fraction of sp³-hybridized carbons (Fsp3) is 0.353. The number of piperidine rings is 1. The monoisotopic (exact) mass is 329 g/mol. The molecular formula is C17H19N3O2S. The standard InChI is InChI=1S/C17H19N3O2S/c21-17(13-23-16-5-9-19-10-6-16)20-11-1-2-15(12-20)22-14-3-7-18-8-4-14/h3-10,15H,1-2,11-13H2. The van der Waals surface area contributed by atoms with Crippen LogP contribution in [0.3, 0.4) is 0 Å². The molecular weight excluding hydrogens is 310 g/mol. The van der Waals surface area contributed by atoms with Crippen LogP contribution in [-0.4, -0.2) is 45.7 Å². The number of ether oxygens (including phenoxy) is 1. The molecule has 1 atom stereocenters. The Morgan fingerprint density at radius 3 is 2.61 bits per heavy atom. The van der Waals surface area contributed by atoms with Gasteiger partial charge in [0.15, 0.2) is 0 Å². The highest BCUT2D eigenvalue weighted by atomic mass is 32.2. The van der Waals surface area contributed by atoms with Gasteiger partial charge in [-0.15, -0.1) is 11.8 Å². The van der Waals surface area contributed by atoms with E-state index in [1.54, 1.807) is 36.5 Å². The lowest BCUT2D eigenvalue weighted by atomic mass is 10.1. The van der Waals surface area contributed by atoms with Crippen molar-refractivity contribution in [2.45, 2.75) is 23.8 Å². The molecule has 120 valence electrons. The van der Waals surface area contributed by atoms with E-state index in [4.69, 9.17) is 4.74 Å². The Morgan fingerprint density at radius 2 is 1.87 bits per heavy atom. The number of carbonyl (C=O) groups excluding carboxylic acids is 1. The van der Waals surface area contributed by atoms with Crippen molar-refractivity contribution < 1.29 is 9.53 Å². The summed E-state index contributed by atoms with van der Waals surface area (Å²) in [6.45, 7) is 1.46. The van der Waals surface area contributed by atoms with Gasteiger partial charge in [0, 0.05) is 36.2 Å². The maximum absolute atomic E-state index is 12.4. The molecule has 1 fully saturated rings. The number of hydrogen-bond acceptors (Lipinski definition) is 5. The average Bonchev–Trinajstić information content (AvgIpc) is 2.62. The van der Waals surface area contributed by atoms with Crippen molar-refractivity contribution in [3.8, 4) is 5.75 Å². The van der Waals surface area contributed by atoms with Crippen molar-refractivity contribution in [1.82, 2.24) is 14.9 Å². The second kappa shape index (κ2) is 7.97. The summed E-state index contributed by atoms with van der Waals surface area (Å²) in [5, 5.41) is 0. The van der Waals surface area contributed by atoms with Crippen molar-refractivity contribution in [2.75, 3.05) is 18.8 Å². The third kappa shape index (κ3) is 4.69. The van der Waals surface area contributed by atoms with Gasteiger partial charge >= 0.3 is 0 Å². The molecule has 1 aliphatic rings. The number of likely N-dealkylation sites (tertiary alicyclic amines) is 1. The first-order valence-electron chi connectivity index (χ1n) is 7.68. The lowest BCUT2D eigenvalue weighted by molar-refractivity contribution is -0.130. The molecule has 0 radical (unpaired) electrons.